The van der Waals surface area contributed by atoms with Gasteiger partial charge in [-0.25, -0.2) is 19.4 Å². The minimum Gasteiger partial charge on any atom is -0.242 e. The van der Waals surface area contributed by atoms with Gasteiger partial charge in [0.2, 0.25) is 0 Å². The third kappa shape index (κ3) is 3.36. The molecule has 0 aromatic rings. The molecule has 1 amide bonds. The van der Waals surface area contributed by atoms with Gasteiger partial charge in [-0.2, -0.15) is 4.99 Å². The van der Waals surface area contributed by atoms with Crippen molar-refractivity contribution in [1.29, 1.82) is 0 Å². The van der Waals surface area contributed by atoms with E-state index in [9.17, 15) is 9.59 Å². The Labute approximate surface area is 56.9 Å². The van der Waals surface area contributed by atoms with Gasteiger partial charge in [0.25, 0.3) is 0 Å². The fourth-order valence-electron chi connectivity index (χ4n) is 0.137. The van der Waals surface area contributed by atoms with Crippen LogP contribution in [0.1, 0.15) is 0 Å². The van der Waals surface area contributed by atoms with Crippen molar-refractivity contribution in [2.75, 3.05) is 0 Å². The lowest BCUT2D eigenvalue weighted by atomic mass is 10.7. The second-order valence-corrected chi connectivity index (χ2v) is 1.11. The van der Waals surface area contributed by atoms with Crippen LogP contribution in [0.3, 0.4) is 0 Å². The molecule has 0 aliphatic carbocycles. The molecule has 0 rings (SSSR count). The highest BCUT2D eigenvalue weighted by Crippen LogP contribution is 1.85. The summed E-state index contributed by atoms with van der Waals surface area (Å²) >= 11 is 0. The van der Waals surface area contributed by atoms with E-state index in [0.29, 0.717) is 0 Å². The largest absolute Gasteiger partial charge is 0.475 e. The number of hydrogen-bond acceptors (Lipinski definition) is 4. The first-order valence-electron chi connectivity index (χ1n) is 2.22. The quantitative estimate of drug-likeness (QED) is 0.231. The Morgan fingerprint density at radius 2 is 2.00 bits per heavy atom. The summed E-state index contributed by atoms with van der Waals surface area (Å²) in [6, 6.07) is 0. The Morgan fingerprint density at radius 1 is 1.40 bits per heavy atom. The average molecular weight is 143 g/mol. The lowest BCUT2D eigenvalue weighted by Gasteiger charge is -1.93. The Bertz CT molecular complexity index is 154. The summed E-state index contributed by atoms with van der Waals surface area (Å²) in [5.41, 5.74) is 0. The molecule has 0 saturated heterocycles. The van der Waals surface area contributed by atoms with E-state index in [0.717, 1.165) is 6.08 Å². The lowest BCUT2D eigenvalue weighted by Crippen LogP contribution is -2.04. The normalized spacial score (nSPS) is 7.60. The smallest absolute Gasteiger partial charge is 0.242 e. The molecule has 0 spiro atoms. The number of nitrogens with zero attached hydrogens (tertiary/aromatic N) is 1. The molecule has 5 nitrogen and oxygen atoms in total. The van der Waals surface area contributed by atoms with Crippen molar-refractivity contribution in [3.05, 3.63) is 12.7 Å². The van der Waals surface area contributed by atoms with Crippen LogP contribution in [-0.4, -0.2) is 18.8 Å². The van der Waals surface area contributed by atoms with Crippen LogP contribution in [-0.2, 0) is 14.6 Å². The second-order valence-electron chi connectivity index (χ2n) is 1.11. The Balaban J connectivity index is 3.54. The summed E-state index contributed by atoms with van der Waals surface area (Å²) in [6.45, 7) is 5.88. The standard InChI is InChI=1S/C5H5NO4/c1-3-4(7)9-10-5(8)6-2/h3H,1-2H2. The summed E-state index contributed by atoms with van der Waals surface area (Å²) in [5, 5.41) is 0. The van der Waals surface area contributed by atoms with Crippen LogP contribution in [0.5, 0.6) is 0 Å². The molecular weight excluding hydrogens is 138 g/mol. The molecule has 0 aliphatic heterocycles. The number of aliphatic imine (C=N–C) groups is 1. The molecule has 0 unspecified atom stereocenters. The Hall–Kier alpha value is -1.65. The molecule has 0 aromatic carbocycles. The highest BCUT2D eigenvalue weighted by molar-refractivity contribution is 5.81. The van der Waals surface area contributed by atoms with E-state index in [4.69, 9.17) is 0 Å². The van der Waals surface area contributed by atoms with E-state index in [2.05, 4.69) is 28.1 Å². The van der Waals surface area contributed by atoms with Gasteiger partial charge >= 0.3 is 12.1 Å². The second kappa shape index (κ2) is 4.25. The van der Waals surface area contributed by atoms with Crippen molar-refractivity contribution in [2.45, 2.75) is 0 Å². The molecule has 0 aliphatic rings. The predicted octanol–water partition coefficient (Wildman–Crippen LogP) is 0.468. The minimum absolute atomic E-state index is 0.844. The number of carbonyl (C=O) groups excluding carboxylic acids is 2. The molecule has 0 fully saturated rings. The summed E-state index contributed by atoms with van der Waals surface area (Å²) in [6.07, 6.45) is -0.230. The van der Waals surface area contributed by atoms with Crippen LogP contribution in [0.25, 0.3) is 0 Å². The highest BCUT2D eigenvalue weighted by Gasteiger charge is 2.01. The van der Waals surface area contributed by atoms with Gasteiger partial charge in [-0.15, -0.1) is 0 Å². The van der Waals surface area contributed by atoms with E-state index in [-0.39, 0.29) is 0 Å². The summed E-state index contributed by atoms with van der Waals surface area (Å²) in [5.74, 6) is -0.864. The van der Waals surface area contributed by atoms with Crippen LogP contribution in [0.2, 0.25) is 0 Å². The van der Waals surface area contributed by atoms with E-state index < -0.39 is 12.1 Å². The van der Waals surface area contributed by atoms with Crippen molar-refractivity contribution >= 4 is 18.8 Å². The van der Waals surface area contributed by atoms with Crippen molar-refractivity contribution in [3.8, 4) is 0 Å². The van der Waals surface area contributed by atoms with E-state index in [1.165, 1.54) is 0 Å². The van der Waals surface area contributed by atoms with E-state index >= 15 is 0 Å². The van der Waals surface area contributed by atoms with Crippen molar-refractivity contribution in [2.24, 2.45) is 4.99 Å². The van der Waals surface area contributed by atoms with Crippen molar-refractivity contribution < 1.29 is 19.4 Å². The maximum Gasteiger partial charge on any atom is 0.475 e. The van der Waals surface area contributed by atoms with Gasteiger partial charge in [-0.3, -0.25) is 0 Å². The fourth-order valence-corrected chi connectivity index (χ4v) is 0.137. The topological polar surface area (TPSA) is 65.0 Å². The highest BCUT2D eigenvalue weighted by atomic mass is 17.2. The van der Waals surface area contributed by atoms with Crippen molar-refractivity contribution in [3.63, 3.8) is 0 Å². The Morgan fingerprint density at radius 3 is 2.40 bits per heavy atom. The predicted molar refractivity (Wildman–Crippen MR) is 32.3 cm³/mol. The van der Waals surface area contributed by atoms with Crippen LogP contribution < -0.4 is 0 Å². The molecule has 0 radical (unpaired) electrons. The first-order chi connectivity index (χ1) is 4.70. The van der Waals surface area contributed by atoms with Gasteiger partial charge in [-0.05, 0) is 6.72 Å². The number of carbonyl (C=O) groups is 2. The molecule has 10 heavy (non-hydrogen) atoms. The first-order valence-corrected chi connectivity index (χ1v) is 2.22. The molecular formula is C5H5NO4. The molecule has 0 heterocycles. The number of hydrogen-bond donors (Lipinski definition) is 0. The van der Waals surface area contributed by atoms with E-state index in [1.807, 2.05) is 0 Å². The molecule has 0 N–H and O–H groups in total. The third-order valence-corrected chi connectivity index (χ3v) is 0.491. The summed E-state index contributed by atoms with van der Waals surface area (Å²) in [4.78, 5) is 30.6. The van der Waals surface area contributed by atoms with Crippen molar-refractivity contribution in [1.82, 2.24) is 0 Å². The number of rotatable bonds is 1. The molecule has 54 valence electrons. The molecule has 0 saturated carbocycles. The van der Waals surface area contributed by atoms with Crippen LogP contribution in [0.4, 0.5) is 4.79 Å². The lowest BCUT2D eigenvalue weighted by molar-refractivity contribution is -0.224. The van der Waals surface area contributed by atoms with Gasteiger partial charge in [0, 0.05) is 6.08 Å². The zero-order valence-corrected chi connectivity index (χ0v) is 5.07. The first kappa shape index (κ1) is 8.35. The van der Waals surface area contributed by atoms with Gasteiger partial charge in [0.05, 0.1) is 0 Å². The van der Waals surface area contributed by atoms with E-state index in [1.54, 1.807) is 0 Å². The van der Waals surface area contributed by atoms with Gasteiger partial charge in [0.15, 0.2) is 0 Å². The van der Waals surface area contributed by atoms with Gasteiger partial charge in [-0.1, -0.05) is 6.58 Å². The number of amides is 1. The maximum absolute atomic E-state index is 10.2. The summed E-state index contributed by atoms with van der Waals surface area (Å²) < 4.78 is 0. The third-order valence-electron chi connectivity index (χ3n) is 0.491. The molecule has 0 atom stereocenters. The summed E-state index contributed by atoms with van der Waals surface area (Å²) in [7, 11) is 0. The monoisotopic (exact) mass is 143 g/mol. The molecule has 0 bridgehead atoms. The fraction of sp³-hybridized carbons (Fsp3) is 0. The van der Waals surface area contributed by atoms with Gasteiger partial charge < -0.3 is 0 Å². The van der Waals surface area contributed by atoms with Crippen LogP contribution in [0.15, 0.2) is 17.6 Å². The molecule has 5 heteroatoms. The zero-order chi connectivity index (χ0) is 7.98. The van der Waals surface area contributed by atoms with Crippen LogP contribution >= 0.6 is 0 Å². The maximum atomic E-state index is 10.2. The zero-order valence-electron chi connectivity index (χ0n) is 5.07. The molecule has 0 aromatic heterocycles. The van der Waals surface area contributed by atoms with Gasteiger partial charge in [0.1, 0.15) is 0 Å². The van der Waals surface area contributed by atoms with Crippen LogP contribution in [0, 0.1) is 0 Å². The minimum atomic E-state index is -1.07. The Kier molecular flexibility index (Phi) is 3.55. The SMILES string of the molecule is C=CC(=O)OOC(=O)N=C. The average Bonchev–Trinajstić information content (AvgIpc) is 1.99.